The van der Waals surface area contributed by atoms with Gasteiger partial charge in [-0.25, -0.2) is 17.2 Å². The number of rotatable bonds is 5. The molecular formula is C11H14F2O3S. The molecule has 1 unspecified atom stereocenters. The fraction of sp³-hybridized carbons (Fsp3) is 0.455. The van der Waals surface area contributed by atoms with Crippen LogP contribution in [-0.2, 0) is 15.6 Å². The Balaban J connectivity index is 2.80. The first-order valence-corrected chi connectivity index (χ1v) is 6.91. The zero-order valence-electron chi connectivity index (χ0n) is 9.36. The summed E-state index contributed by atoms with van der Waals surface area (Å²) < 4.78 is 48.8. The van der Waals surface area contributed by atoms with Gasteiger partial charge in [-0.15, -0.1) is 0 Å². The van der Waals surface area contributed by atoms with Crippen LogP contribution in [0.1, 0.15) is 12.5 Å². The normalized spacial score (nSPS) is 13.6. The molecule has 96 valence electrons. The van der Waals surface area contributed by atoms with Gasteiger partial charge < -0.3 is 5.11 Å². The molecule has 0 fully saturated rings. The molecule has 0 amide bonds. The highest BCUT2D eigenvalue weighted by molar-refractivity contribution is 7.90. The third-order valence-corrected chi connectivity index (χ3v) is 4.07. The van der Waals surface area contributed by atoms with Gasteiger partial charge in [0.2, 0.25) is 0 Å². The fourth-order valence-corrected chi connectivity index (χ4v) is 3.21. The SMILES string of the molecule is CC(CO)CS(=O)(=O)Cc1ccc(F)c(F)c1. The largest absolute Gasteiger partial charge is 0.396 e. The molecule has 1 atom stereocenters. The Kier molecular flexibility index (Phi) is 4.59. The lowest BCUT2D eigenvalue weighted by atomic mass is 10.2. The molecular weight excluding hydrogens is 250 g/mol. The summed E-state index contributed by atoms with van der Waals surface area (Å²) in [5.41, 5.74) is 0.203. The molecule has 17 heavy (non-hydrogen) atoms. The van der Waals surface area contributed by atoms with Crippen molar-refractivity contribution in [3.8, 4) is 0 Å². The summed E-state index contributed by atoms with van der Waals surface area (Å²) in [7, 11) is -3.42. The predicted molar refractivity (Wildman–Crippen MR) is 60.1 cm³/mol. The Morgan fingerprint density at radius 1 is 1.29 bits per heavy atom. The Morgan fingerprint density at radius 2 is 1.94 bits per heavy atom. The molecule has 0 saturated carbocycles. The van der Waals surface area contributed by atoms with Gasteiger partial charge in [-0.05, 0) is 23.6 Å². The van der Waals surface area contributed by atoms with E-state index in [0.717, 1.165) is 12.1 Å². The van der Waals surface area contributed by atoms with Gasteiger partial charge in [-0.2, -0.15) is 0 Å². The van der Waals surface area contributed by atoms with E-state index in [1.165, 1.54) is 6.07 Å². The lowest BCUT2D eigenvalue weighted by Gasteiger charge is -2.09. The van der Waals surface area contributed by atoms with Gasteiger partial charge in [0.1, 0.15) is 0 Å². The fourth-order valence-electron chi connectivity index (χ4n) is 1.43. The van der Waals surface area contributed by atoms with E-state index in [9.17, 15) is 17.2 Å². The van der Waals surface area contributed by atoms with E-state index >= 15 is 0 Å². The van der Waals surface area contributed by atoms with E-state index in [2.05, 4.69) is 0 Å². The van der Waals surface area contributed by atoms with E-state index in [1.807, 2.05) is 0 Å². The monoisotopic (exact) mass is 264 g/mol. The second-order valence-electron chi connectivity index (χ2n) is 4.09. The summed E-state index contributed by atoms with van der Waals surface area (Å²) in [5, 5.41) is 8.77. The molecule has 0 aliphatic carbocycles. The van der Waals surface area contributed by atoms with Crippen molar-refractivity contribution in [1.82, 2.24) is 0 Å². The molecule has 0 spiro atoms. The van der Waals surface area contributed by atoms with Crippen molar-refractivity contribution in [3.05, 3.63) is 35.4 Å². The van der Waals surface area contributed by atoms with Crippen LogP contribution >= 0.6 is 0 Å². The molecule has 1 aromatic rings. The zero-order chi connectivity index (χ0) is 13.1. The van der Waals surface area contributed by atoms with Gasteiger partial charge in [-0.1, -0.05) is 13.0 Å². The summed E-state index contributed by atoms with van der Waals surface area (Å²) in [6.45, 7) is 1.37. The van der Waals surface area contributed by atoms with Crippen LogP contribution in [-0.4, -0.2) is 25.9 Å². The quantitative estimate of drug-likeness (QED) is 0.877. The average Bonchev–Trinajstić information content (AvgIpc) is 2.22. The summed E-state index contributed by atoms with van der Waals surface area (Å²) >= 11 is 0. The maximum absolute atomic E-state index is 12.9. The second kappa shape index (κ2) is 5.55. The lowest BCUT2D eigenvalue weighted by Crippen LogP contribution is -2.18. The standard InChI is InChI=1S/C11H14F2O3S/c1-8(5-14)6-17(15,16)7-9-2-3-10(12)11(13)4-9/h2-4,8,14H,5-7H2,1H3. The zero-order valence-corrected chi connectivity index (χ0v) is 10.2. The minimum atomic E-state index is -3.42. The number of aliphatic hydroxyl groups is 1. The molecule has 0 radical (unpaired) electrons. The number of aliphatic hydroxyl groups excluding tert-OH is 1. The smallest absolute Gasteiger partial charge is 0.159 e. The van der Waals surface area contributed by atoms with Crippen LogP contribution in [0.15, 0.2) is 18.2 Å². The lowest BCUT2D eigenvalue weighted by molar-refractivity contribution is 0.249. The Hall–Kier alpha value is -1.01. The molecule has 0 bridgehead atoms. The van der Waals surface area contributed by atoms with Crippen molar-refractivity contribution in [2.45, 2.75) is 12.7 Å². The molecule has 0 heterocycles. The number of benzene rings is 1. The molecule has 0 aliphatic rings. The third-order valence-electron chi connectivity index (χ3n) is 2.22. The maximum Gasteiger partial charge on any atom is 0.159 e. The molecule has 3 nitrogen and oxygen atoms in total. The van der Waals surface area contributed by atoms with Gasteiger partial charge in [0.15, 0.2) is 21.5 Å². The summed E-state index contributed by atoms with van der Waals surface area (Å²) in [6.07, 6.45) is 0. The van der Waals surface area contributed by atoms with E-state index < -0.39 is 21.5 Å². The second-order valence-corrected chi connectivity index (χ2v) is 6.20. The molecule has 0 aromatic heterocycles. The van der Waals surface area contributed by atoms with E-state index in [-0.39, 0.29) is 29.6 Å². The van der Waals surface area contributed by atoms with Crippen LogP contribution in [0.2, 0.25) is 0 Å². The summed E-state index contributed by atoms with van der Waals surface area (Å²) in [4.78, 5) is 0. The van der Waals surface area contributed by atoms with Crippen LogP contribution in [0, 0.1) is 17.6 Å². The van der Waals surface area contributed by atoms with E-state index in [0.29, 0.717) is 0 Å². The van der Waals surface area contributed by atoms with Crippen LogP contribution < -0.4 is 0 Å². The Bertz CT molecular complexity index is 485. The van der Waals surface area contributed by atoms with Crippen molar-refractivity contribution in [2.75, 3.05) is 12.4 Å². The third kappa shape index (κ3) is 4.40. The van der Waals surface area contributed by atoms with Crippen LogP contribution in [0.25, 0.3) is 0 Å². The number of sulfone groups is 1. The van der Waals surface area contributed by atoms with Gasteiger partial charge >= 0.3 is 0 Å². The van der Waals surface area contributed by atoms with Crippen LogP contribution in [0.5, 0.6) is 0 Å². The highest BCUT2D eigenvalue weighted by Crippen LogP contribution is 2.13. The highest BCUT2D eigenvalue weighted by atomic mass is 32.2. The van der Waals surface area contributed by atoms with Gasteiger partial charge in [-0.3, -0.25) is 0 Å². The van der Waals surface area contributed by atoms with Crippen molar-refractivity contribution >= 4 is 9.84 Å². The van der Waals surface area contributed by atoms with Crippen molar-refractivity contribution in [1.29, 1.82) is 0 Å². The van der Waals surface area contributed by atoms with Crippen LogP contribution in [0.4, 0.5) is 8.78 Å². The van der Waals surface area contributed by atoms with E-state index in [4.69, 9.17) is 5.11 Å². The number of halogens is 2. The molecule has 0 saturated heterocycles. The number of hydrogen-bond acceptors (Lipinski definition) is 3. The molecule has 1 N–H and O–H groups in total. The first-order chi connectivity index (χ1) is 7.84. The predicted octanol–water partition coefficient (Wildman–Crippen LogP) is 1.51. The minimum absolute atomic E-state index is 0.178. The van der Waals surface area contributed by atoms with Gasteiger partial charge in [0.25, 0.3) is 0 Å². The van der Waals surface area contributed by atoms with Crippen molar-refractivity contribution < 1.29 is 22.3 Å². The molecule has 1 rings (SSSR count). The van der Waals surface area contributed by atoms with Crippen molar-refractivity contribution in [2.24, 2.45) is 5.92 Å². The van der Waals surface area contributed by atoms with Gasteiger partial charge in [0, 0.05) is 6.61 Å². The molecule has 0 aliphatic heterocycles. The maximum atomic E-state index is 12.9. The summed E-state index contributed by atoms with van der Waals surface area (Å²) in [5.74, 6) is -2.97. The average molecular weight is 264 g/mol. The Morgan fingerprint density at radius 3 is 2.47 bits per heavy atom. The Labute approximate surface area is 99.0 Å². The highest BCUT2D eigenvalue weighted by Gasteiger charge is 2.17. The van der Waals surface area contributed by atoms with E-state index in [1.54, 1.807) is 6.92 Å². The first kappa shape index (κ1) is 14.1. The minimum Gasteiger partial charge on any atom is -0.396 e. The summed E-state index contributed by atoms with van der Waals surface area (Å²) in [6, 6.07) is 3.01. The molecule has 6 heteroatoms. The van der Waals surface area contributed by atoms with Crippen molar-refractivity contribution in [3.63, 3.8) is 0 Å². The molecule has 1 aromatic carbocycles. The first-order valence-electron chi connectivity index (χ1n) is 5.09. The topological polar surface area (TPSA) is 54.4 Å². The number of hydrogen-bond donors (Lipinski definition) is 1. The van der Waals surface area contributed by atoms with Gasteiger partial charge in [0.05, 0.1) is 11.5 Å². The van der Waals surface area contributed by atoms with Crippen LogP contribution in [0.3, 0.4) is 0 Å².